The minimum Gasteiger partial charge on any atom is -0.481 e. The molecule has 0 aliphatic heterocycles. The smallest absolute Gasteiger partial charge is 0.419 e. The lowest BCUT2D eigenvalue weighted by atomic mass is 9.87. The zero-order chi connectivity index (χ0) is 39.7. The van der Waals surface area contributed by atoms with Gasteiger partial charge in [-0.2, -0.15) is 26.3 Å². The van der Waals surface area contributed by atoms with Crippen molar-refractivity contribution >= 4 is 11.9 Å². The van der Waals surface area contributed by atoms with Gasteiger partial charge >= 0.3 is 18.3 Å². The Morgan fingerprint density at radius 2 is 1.53 bits per heavy atom. The summed E-state index contributed by atoms with van der Waals surface area (Å²) in [4.78, 5) is 41.0. The third-order valence-corrected chi connectivity index (χ3v) is 9.31. The first-order valence-electron chi connectivity index (χ1n) is 17.2. The van der Waals surface area contributed by atoms with Gasteiger partial charge in [0.2, 0.25) is 5.91 Å². The van der Waals surface area contributed by atoms with Crippen LogP contribution in [0.1, 0.15) is 103 Å². The average molecular weight is 758 g/mol. The Balaban J connectivity index is 1.89. The van der Waals surface area contributed by atoms with Crippen molar-refractivity contribution in [2.45, 2.75) is 96.6 Å². The largest absolute Gasteiger partial charge is 0.481 e. The summed E-state index contributed by atoms with van der Waals surface area (Å²) >= 11 is 0. The highest BCUT2D eigenvalue weighted by Gasteiger charge is 2.41. The Kier molecular flexibility index (Phi) is 12.5. The van der Waals surface area contributed by atoms with E-state index in [2.05, 4.69) is 5.32 Å². The highest BCUT2D eigenvalue weighted by molar-refractivity contribution is 5.82. The maximum absolute atomic E-state index is 16.6. The summed E-state index contributed by atoms with van der Waals surface area (Å²) in [6, 6.07) is 0.216. The molecule has 0 unspecified atom stereocenters. The molecule has 2 aromatic carbocycles. The zero-order valence-corrected chi connectivity index (χ0v) is 30.2. The second kappa shape index (κ2) is 16.0. The maximum Gasteiger partial charge on any atom is 0.419 e. The molecule has 1 saturated carbocycles. The molecule has 1 heterocycles. The lowest BCUT2D eigenvalue weighted by Crippen LogP contribution is -2.41. The van der Waals surface area contributed by atoms with E-state index in [0.29, 0.717) is 29.8 Å². The van der Waals surface area contributed by atoms with Crippen molar-refractivity contribution in [2.24, 2.45) is 5.92 Å². The van der Waals surface area contributed by atoms with E-state index in [4.69, 9.17) is 0 Å². The van der Waals surface area contributed by atoms with Gasteiger partial charge in [-0.05, 0) is 112 Å². The van der Waals surface area contributed by atoms with Gasteiger partial charge in [0, 0.05) is 23.4 Å². The molecule has 7 nitrogen and oxygen atoms in total. The van der Waals surface area contributed by atoms with Crippen molar-refractivity contribution in [3.63, 3.8) is 0 Å². The molecule has 0 radical (unpaired) electrons. The van der Waals surface area contributed by atoms with Crippen LogP contribution >= 0.6 is 0 Å². The molecular weight excluding hydrogens is 714 g/mol. The predicted molar refractivity (Wildman–Crippen MR) is 182 cm³/mol. The molecule has 290 valence electrons. The summed E-state index contributed by atoms with van der Waals surface area (Å²) in [6.45, 7) is 6.77. The topological polar surface area (TPSA) is 91.6 Å². The number of carboxylic acid groups (broad SMARTS) is 1. The molecule has 1 aromatic heterocycles. The number of halogens is 8. The predicted octanol–water partition coefficient (Wildman–Crippen LogP) is 8.74. The average Bonchev–Trinajstić information content (AvgIpc) is 3.85. The Hall–Kier alpha value is -4.27. The van der Waals surface area contributed by atoms with Crippen LogP contribution in [0.15, 0.2) is 35.3 Å². The van der Waals surface area contributed by atoms with E-state index in [1.54, 1.807) is 58.8 Å². The van der Waals surface area contributed by atoms with E-state index >= 15 is 8.78 Å². The van der Waals surface area contributed by atoms with Gasteiger partial charge in [0.1, 0.15) is 17.7 Å². The lowest BCUT2D eigenvalue weighted by Gasteiger charge is -2.27. The van der Waals surface area contributed by atoms with Gasteiger partial charge in [0.05, 0.1) is 23.6 Å². The zero-order valence-electron chi connectivity index (χ0n) is 30.2. The monoisotopic (exact) mass is 757 g/mol. The van der Waals surface area contributed by atoms with Crippen LogP contribution in [0, 0.1) is 31.4 Å². The molecule has 0 saturated heterocycles. The number of aliphatic carboxylic acids is 1. The van der Waals surface area contributed by atoms with Gasteiger partial charge in [-0.1, -0.05) is 26.0 Å². The highest BCUT2D eigenvalue weighted by Crippen LogP contribution is 2.45. The Bertz CT molecular complexity index is 1890. The van der Waals surface area contributed by atoms with Crippen LogP contribution in [0.25, 0.3) is 11.1 Å². The van der Waals surface area contributed by atoms with Crippen molar-refractivity contribution in [2.75, 3.05) is 20.6 Å². The van der Waals surface area contributed by atoms with E-state index in [1.165, 1.54) is 0 Å². The number of carbonyl (C=O) groups excluding carboxylic acids is 1. The molecule has 3 aromatic rings. The maximum atomic E-state index is 16.6. The summed E-state index contributed by atoms with van der Waals surface area (Å²) in [5.74, 6) is -6.78. The van der Waals surface area contributed by atoms with Crippen LogP contribution in [0.2, 0.25) is 0 Å². The molecule has 2 N–H and O–H groups in total. The summed E-state index contributed by atoms with van der Waals surface area (Å²) in [7, 11) is 3.43. The van der Waals surface area contributed by atoms with Crippen LogP contribution in [0.5, 0.6) is 0 Å². The first-order valence-corrected chi connectivity index (χ1v) is 17.2. The number of aromatic nitrogens is 1. The number of pyridine rings is 1. The Morgan fingerprint density at radius 1 is 0.943 bits per heavy atom. The van der Waals surface area contributed by atoms with Gasteiger partial charge < -0.3 is 19.9 Å². The third-order valence-electron chi connectivity index (χ3n) is 9.31. The van der Waals surface area contributed by atoms with E-state index in [9.17, 15) is 45.8 Å². The molecule has 53 heavy (non-hydrogen) atoms. The van der Waals surface area contributed by atoms with Gasteiger partial charge in [-0.3, -0.25) is 14.4 Å². The van der Waals surface area contributed by atoms with Crippen molar-refractivity contribution < 1.29 is 49.8 Å². The number of alkyl halides is 6. The number of hydrogen-bond donors (Lipinski definition) is 2. The fourth-order valence-corrected chi connectivity index (χ4v) is 6.77. The number of carboxylic acids is 1. The second-order valence-corrected chi connectivity index (χ2v) is 14.5. The quantitative estimate of drug-likeness (QED) is 0.161. The van der Waals surface area contributed by atoms with E-state index in [1.807, 2.05) is 0 Å². The molecular formula is C38H43F8N3O4. The second-order valence-electron chi connectivity index (χ2n) is 14.5. The van der Waals surface area contributed by atoms with Crippen LogP contribution in [0.4, 0.5) is 35.1 Å². The minimum atomic E-state index is -5.37. The number of nitrogens with one attached hydrogen (secondary N) is 1. The SMILES string of the molecule is Cc1cc(C2CC2)cc(C)c1-c1cc(C(F)(F)F)c(F)c([C@H](CC(=O)O)NC(=O)[C@H](CC(C)C)n2cc(CCCN(C)C)c(C(F)(F)F)cc2=O)c1F. The summed E-state index contributed by atoms with van der Waals surface area (Å²) < 4.78 is 118. The van der Waals surface area contributed by atoms with E-state index in [-0.39, 0.29) is 36.3 Å². The van der Waals surface area contributed by atoms with Crippen molar-refractivity contribution in [3.05, 3.63) is 91.4 Å². The van der Waals surface area contributed by atoms with Gasteiger partial charge in [0.15, 0.2) is 0 Å². The van der Waals surface area contributed by atoms with Gasteiger partial charge in [-0.25, -0.2) is 8.78 Å². The summed E-state index contributed by atoms with van der Waals surface area (Å²) in [6.07, 6.45) is -8.95. The molecule has 0 spiro atoms. The number of benzene rings is 2. The number of amides is 1. The van der Waals surface area contributed by atoms with Gasteiger partial charge in [0.25, 0.3) is 5.56 Å². The normalized spacial score (nSPS) is 14.9. The number of nitrogens with zero attached hydrogens (tertiary/aromatic N) is 2. The van der Waals surface area contributed by atoms with E-state index in [0.717, 1.165) is 29.2 Å². The molecule has 1 amide bonds. The van der Waals surface area contributed by atoms with Crippen LogP contribution in [-0.2, 0) is 28.4 Å². The van der Waals surface area contributed by atoms with Gasteiger partial charge in [-0.15, -0.1) is 0 Å². The number of carbonyl (C=O) groups is 2. The van der Waals surface area contributed by atoms with Crippen molar-refractivity contribution in [1.29, 1.82) is 0 Å². The molecule has 4 rings (SSSR count). The summed E-state index contributed by atoms with van der Waals surface area (Å²) in [5.41, 5.74) is -4.90. The summed E-state index contributed by atoms with van der Waals surface area (Å²) in [5, 5.41) is 11.9. The molecule has 1 fully saturated rings. The Labute approximate surface area is 302 Å². The van der Waals surface area contributed by atoms with Crippen molar-refractivity contribution in [1.82, 2.24) is 14.8 Å². The number of rotatable bonds is 14. The molecule has 1 aliphatic carbocycles. The number of hydrogen-bond acceptors (Lipinski definition) is 4. The minimum absolute atomic E-state index is 0.0369. The van der Waals surface area contributed by atoms with Crippen molar-refractivity contribution in [3.8, 4) is 11.1 Å². The lowest BCUT2D eigenvalue weighted by molar-refractivity contribution is -0.140. The fourth-order valence-electron chi connectivity index (χ4n) is 6.77. The first-order chi connectivity index (χ1) is 24.5. The Morgan fingerprint density at radius 3 is 2.02 bits per heavy atom. The fraction of sp³-hybridized carbons (Fsp3) is 0.500. The van der Waals surface area contributed by atoms with Crippen LogP contribution < -0.4 is 10.9 Å². The molecule has 0 bridgehead atoms. The first kappa shape index (κ1) is 41.5. The van der Waals surface area contributed by atoms with Crippen LogP contribution in [0.3, 0.4) is 0 Å². The standard InChI is InChI=1S/C38H43F8N3O4/c1-19(2)12-29(49-18-23(8-7-11-48(5)6)26(16-30(49)50)37(41,42)43)36(53)47-28(17-31(51)52)33-34(39)25(15-27(35(33)40)38(44,45)46)32-20(3)13-24(14-21(32)4)22-9-10-22/h13-16,18-19,22,28-29H,7-12,17H2,1-6H3,(H,47,53)(H,51,52)/t28-,29-/m0/s1. The molecule has 2 atom stereocenters. The number of aryl methyl sites for hydroxylation is 3. The highest BCUT2D eigenvalue weighted by atomic mass is 19.4. The third kappa shape index (κ3) is 9.84. The molecule has 15 heteroatoms. The molecule has 1 aliphatic rings. The van der Waals surface area contributed by atoms with E-state index < -0.39 is 88.1 Å². The van der Waals surface area contributed by atoms with Crippen LogP contribution in [-0.4, -0.2) is 47.1 Å².